The van der Waals surface area contributed by atoms with E-state index in [1.807, 2.05) is 31.2 Å². The number of amides is 2. The van der Waals surface area contributed by atoms with Crippen LogP contribution >= 0.6 is 0 Å². The third-order valence-electron chi connectivity index (χ3n) is 3.06. The highest BCUT2D eigenvalue weighted by Gasteiger charge is 2.05. The number of nitrogens with one attached hydrogen (secondary N) is 2. The molecule has 6 heteroatoms. The zero-order valence-electron chi connectivity index (χ0n) is 13.6. The van der Waals surface area contributed by atoms with Crippen LogP contribution in [0, 0.1) is 0 Å². The molecule has 2 N–H and O–H groups in total. The minimum absolute atomic E-state index is 0.162. The second-order valence-corrected chi connectivity index (χ2v) is 4.93. The van der Waals surface area contributed by atoms with Gasteiger partial charge in [0.1, 0.15) is 5.75 Å². The fraction of sp³-hybridized carbons (Fsp3) is 0.167. The van der Waals surface area contributed by atoms with Gasteiger partial charge in [-0.05, 0) is 43.3 Å². The minimum atomic E-state index is -0.338. The maximum Gasteiger partial charge on any atom is 0.271 e. The van der Waals surface area contributed by atoms with Gasteiger partial charge in [0.2, 0.25) is 5.91 Å². The fourth-order valence-corrected chi connectivity index (χ4v) is 2.01. The minimum Gasteiger partial charge on any atom is -0.493 e. The van der Waals surface area contributed by atoms with E-state index in [9.17, 15) is 9.59 Å². The average molecular weight is 325 g/mol. The SMILES string of the molecule is CCOc1ccccc1/C=N\NC(=O)c1ccc(NC(C)=O)cc1. The lowest BCUT2D eigenvalue weighted by molar-refractivity contribution is -0.114. The summed E-state index contributed by atoms with van der Waals surface area (Å²) in [5.74, 6) is 0.206. The number of anilines is 1. The number of hydrazone groups is 1. The molecule has 2 rings (SSSR count). The smallest absolute Gasteiger partial charge is 0.271 e. The Morgan fingerprint density at radius 3 is 2.50 bits per heavy atom. The van der Waals surface area contributed by atoms with Crippen LogP contribution in [0.5, 0.6) is 5.75 Å². The summed E-state index contributed by atoms with van der Waals surface area (Å²) in [5.41, 5.74) is 4.32. The molecular weight excluding hydrogens is 306 g/mol. The van der Waals surface area contributed by atoms with Crippen molar-refractivity contribution in [2.45, 2.75) is 13.8 Å². The largest absolute Gasteiger partial charge is 0.493 e. The van der Waals surface area contributed by atoms with E-state index >= 15 is 0 Å². The summed E-state index contributed by atoms with van der Waals surface area (Å²) in [6.45, 7) is 3.88. The van der Waals surface area contributed by atoms with Gasteiger partial charge in [0.15, 0.2) is 0 Å². The summed E-state index contributed by atoms with van der Waals surface area (Å²) in [4.78, 5) is 23.0. The van der Waals surface area contributed by atoms with E-state index in [0.717, 1.165) is 5.56 Å². The molecule has 0 saturated heterocycles. The molecule has 2 aromatic carbocycles. The monoisotopic (exact) mass is 325 g/mol. The van der Waals surface area contributed by atoms with Gasteiger partial charge >= 0.3 is 0 Å². The highest BCUT2D eigenvalue weighted by molar-refractivity contribution is 5.96. The van der Waals surface area contributed by atoms with Gasteiger partial charge in [0.05, 0.1) is 12.8 Å². The van der Waals surface area contributed by atoms with Crippen LogP contribution in [0.1, 0.15) is 29.8 Å². The van der Waals surface area contributed by atoms with E-state index in [2.05, 4.69) is 15.8 Å². The lowest BCUT2D eigenvalue weighted by Gasteiger charge is -2.06. The highest BCUT2D eigenvalue weighted by atomic mass is 16.5. The van der Waals surface area contributed by atoms with Crippen LogP contribution in [-0.2, 0) is 4.79 Å². The summed E-state index contributed by atoms with van der Waals surface area (Å²) in [6, 6.07) is 14.0. The second-order valence-electron chi connectivity index (χ2n) is 4.93. The van der Waals surface area contributed by atoms with Gasteiger partial charge in [-0.2, -0.15) is 5.10 Å². The maximum atomic E-state index is 12.0. The van der Waals surface area contributed by atoms with Crippen LogP contribution in [0.4, 0.5) is 5.69 Å². The van der Waals surface area contributed by atoms with Crippen molar-refractivity contribution in [3.63, 3.8) is 0 Å². The molecule has 2 amide bonds. The summed E-state index contributed by atoms with van der Waals surface area (Å²) < 4.78 is 5.49. The van der Waals surface area contributed by atoms with Crippen LogP contribution in [0.2, 0.25) is 0 Å². The topological polar surface area (TPSA) is 79.8 Å². The molecule has 0 bridgehead atoms. The van der Waals surface area contributed by atoms with Crippen LogP contribution < -0.4 is 15.5 Å². The third kappa shape index (κ3) is 4.95. The summed E-state index contributed by atoms with van der Waals surface area (Å²) >= 11 is 0. The lowest BCUT2D eigenvalue weighted by atomic mass is 10.2. The van der Waals surface area contributed by atoms with Gasteiger partial charge in [0.25, 0.3) is 5.91 Å². The molecule has 0 saturated carbocycles. The van der Waals surface area contributed by atoms with Crippen LogP contribution in [-0.4, -0.2) is 24.6 Å². The lowest BCUT2D eigenvalue weighted by Crippen LogP contribution is -2.17. The third-order valence-corrected chi connectivity index (χ3v) is 3.06. The normalized spacial score (nSPS) is 10.4. The second kappa shape index (κ2) is 8.47. The molecule has 0 atom stereocenters. The summed E-state index contributed by atoms with van der Waals surface area (Å²) in [5, 5.41) is 6.60. The Bertz CT molecular complexity index is 739. The first-order chi connectivity index (χ1) is 11.6. The predicted octanol–water partition coefficient (Wildman–Crippen LogP) is 2.81. The number of para-hydroxylation sites is 1. The van der Waals surface area contributed by atoms with Crippen LogP contribution in [0.15, 0.2) is 53.6 Å². The molecule has 24 heavy (non-hydrogen) atoms. The van der Waals surface area contributed by atoms with Crippen molar-refractivity contribution >= 4 is 23.7 Å². The Balaban J connectivity index is 1.99. The Hall–Kier alpha value is -3.15. The van der Waals surface area contributed by atoms with E-state index in [1.165, 1.54) is 13.1 Å². The molecule has 6 nitrogen and oxygen atoms in total. The van der Waals surface area contributed by atoms with Gasteiger partial charge in [-0.15, -0.1) is 0 Å². The molecule has 124 valence electrons. The maximum absolute atomic E-state index is 12.0. The number of hydrogen-bond donors (Lipinski definition) is 2. The molecule has 0 aliphatic heterocycles. The number of carbonyl (C=O) groups excluding carboxylic acids is 2. The Morgan fingerprint density at radius 1 is 1.12 bits per heavy atom. The van der Waals surface area contributed by atoms with Gasteiger partial charge in [-0.25, -0.2) is 5.43 Å². The zero-order chi connectivity index (χ0) is 17.4. The first-order valence-corrected chi connectivity index (χ1v) is 7.53. The summed E-state index contributed by atoms with van der Waals surface area (Å²) in [6.07, 6.45) is 1.54. The molecule has 0 aliphatic carbocycles. The van der Waals surface area contributed by atoms with Crippen molar-refractivity contribution in [3.8, 4) is 5.75 Å². The molecule has 0 unspecified atom stereocenters. The number of carbonyl (C=O) groups is 2. The number of nitrogens with zero attached hydrogens (tertiary/aromatic N) is 1. The van der Waals surface area contributed by atoms with Crippen molar-refractivity contribution in [2.75, 3.05) is 11.9 Å². The van der Waals surface area contributed by atoms with Gasteiger partial charge in [-0.3, -0.25) is 9.59 Å². The van der Waals surface area contributed by atoms with E-state index < -0.39 is 0 Å². The summed E-state index contributed by atoms with van der Waals surface area (Å²) in [7, 11) is 0. The fourth-order valence-electron chi connectivity index (χ4n) is 2.01. The predicted molar refractivity (Wildman–Crippen MR) is 93.4 cm³/mol. The van der Waals surface area contributed by atoms with Crippen molar-refractivity contribution in [2.24, 2.45) is 5.10 Å². The van der Waals surface area contributed by atoms with Crippen molar-refractivity contribution < 1.29 is 14.3 Å². The van der Waals surface area contributed by atoms with E-state index in [1.54, 1.807) is 24.3 Å². The first-order valence-electron chi connectivity index (χ1n) is 7.53. The molecule has 0 fully saturated rings. The van der Waals surface area contributed by atoms with Crippen molar-refractivity contribution in [1.29, 1.82) is 0 Å². The molecule has 2 aromatic rings. The quantitative estimate of drug-likeness (QED) is 0.633. The van der Waals surface area contributed by atoms with Gasteiger partial charge in [0, 0.05) is 23.7 Å². The Kier molecular flexibility index (Phi) is 6.08. The number of hydrogen-bond acceptors (Lipinski definition) is 4. The van der Waals surface area contributed by atoms with E-state index in [0.29, 0.717) is 23.6 Å². The Labute approximate surface area is 140 Å². The molecule has 0 spiro atoms. The highest BCUT2D eigenvalue weighted by Crippen LogP contribution is 2.15. The first kappa shape index (κ1) is 17.2. The molecule has 0 heterocycles. The Morgan fingerprint density at radius 2 is 1.83 bits per heavy atom. The van der Waals surface area contributed by atoms with Crippen molar-refractivity contribution in [1.82, 2.24) is 5.43 Å². The van der Waals surface area contributed by atoms with Crippen LogP contribution in [0.3, 0.4) is 0 Å². The van der Waals surface area contributed by atoms with Crippen LogP contribution in [0.25, 0.3) is 0 Å². The molecule has 0 aliphatic rings. The number of ether oxygens (including phenoxy) is 1. The number of rotatable bonds is 6. The standard InChI is InChI=1S/C18H19N3O3/c1-3-24-17-7-5-4-6-15(17)12-19-21-18(23)14-8-10-16(11-9-14)20-13(2)22/h4-12H,3H2,1-2H3,(H,20,22)(H,21,23)/b19-12-. The zero-order valence-corrected chi connectivity index (χ0v) is 13.6. The van der Waals surface area contributed by atoms with Gasteiger partial charge < -0.3 is 10.1 Å². The van der Waals surface area contributed by atoms with Gasteiger partial charge in [-0.1, -0.05) is 12.1 Å². The molecule has 0 aromatic heterocycles. The molecule has 0 radical (unpaired) electrons. The van der Waals surface area contributed by atoms with E-state index in [-0.39, 0.29) is 11.8 Å². The van der Waals surface area contributed by atoms with Crippen molar-refractivity contribution in [3.05, 3.63) is 59.7 Å². The molecular formula is C18H19N3O3. The number of benzene rings is 2. The average Bonchev–Trinajstić information content (AvgIpc) is 2.56. The van der Waals surface area contributed by atoms with E-state index in [4.69, 9.17) is 4.74 Å².